The van der Waals surface area contributed by atoms with Crippen LogP contribution >= 0.6 is 0 Å². The van der Waals surface area contributed by atoms with E-state index in [0.29, 0.717) is 28.2 Å². The summed E-state index contributed by atoms with van der Waals surface area (Å²) in [4.78, 5) is 4.74. The molecule has 7 heteroatoms. The number of fused-ring (bicyclic) bond motifs is 2. The molecule has 0 aliphatic carbocycles. The lowest BCUT2D eigenvalue weighted by Crippen LogP contribution is -2.01. The number of nitrogens with zero attached hydrogens (tertiary/aromatic N) is 4. The normalized spacial score (nSPS) is 10.9. The number of rotatable bonds is 4. The van der Waals surface area contributed by atoms with Crippen LogP contribution in [0.1, 0.15) is 0 Å². The van der Waals surface area contributed by atoms with Crippen LogP contribution in [-0.4, -0.2) is 38.4 Å². The van der Waals surface area contributed by atoms with Gasteiger partial charge in [-0.2, -0.15) is 0 Å². The maximum atomic E-state index is 10.4. The molecule has 2 N–H and O–H groups in total. The molecule has 0 aliphatic heterocycles. The summed E-state index contributed by atoms with van der Waals surface area (Å²) in [5.41, 5.74) is 2.13. The van der Waals surface area contributed by atoms with Crippen LogP contribution in [0.5, 0.6) is 11.5 Å². The topological polar surface area (TPSA) is 84.8 Å². The Hall–Kier alpha value is -3.63. The molecule has 4 rings (SSSR count). The number of hydrogen-bond acceptors (Lipinski definition) is 5. The molecule has 0 saturated carbocycles. The van der Waals surface area contributed by atoms with Crippen molar-refractivity contribution in [2.45, 2.75) is 0 Å². The highest BCUT2D eigenvalue weighted by Gasteiger charge is 2.11. The van der Waals surface area contributed by atoms with Crippen molar-refractivity contribution < 1.29 is 14.9 Å². The average molecular weight is 346 g/mol. The molecular formula is C19H14N4O3. The summed E-state index contributed by atoms with van der Waals surface area (Å²) >= 11 is 0. The summed E-state index contributed by atoms with van der Waals surface area (Å²) in [5.74, 6) is 0.677. The number of phenolic OH excluding ortho intramolecular Hbond substituents is 1. The molecule has 26 heavy (non-hydrogen) atoms. The van der Waals surface area contributed by atoms with E-state index < -0.39 is 0 Å². The van der Waals surface area contributed by atoms with E-state index in [1.54, 1.807) is 36.4 Å². The minimum absolute atomic E-state index is 0.0484. The summed E-state index contributed by atoms with van der Waals surface area (Å²) in [6, 6.07) is 13.9. The maximum Gasteiger partial charge on any atom is 0.189 e. The Balaban J connectivity index is 1.82. The zero-order valence-electron chi connectivity index (χ0n) is 13.6. The van der Waals surface area contributed by atoms with Gasteiger partial charge in [0.05, 0.1) is 13.2 Å². The van der Waals surface area contributed by atoms with Crippen LogP contribution in [0, 0.1) is 6.57 Å². The van der Waals surface area contributed by atoms with Gasteiger partial charge in [0.15, 0.2) is 5.69 Å². The van der Waals surface area contributed by atoms with Gasteiger partial charge in [-0.3, -0.25) is 0 Å². The van der Waals surface area contributed by atoms with Crippen molar-refractivity contribution in [3.8, 4) is 17.2 Å². The van der Waals surface area contributed by atoms with Gasteiger partial charge in [-0.1, -0.05) is 12.1 Å². The van der Waals surface area contributed by atoms with Crippen LogP contribution in [0.15, 0.2) is 48.5 Å². The van der Waals surface area contributed by atoms with E-state index in [4.69, 9.17) is 16.4 Å². The molecular weight excluding hydrogens is 332 g/mol. The van der Waals surface area contributed by atoms with E-state index in [-0.39, 0.29) is 19.0 Å². The highest BCUT2D eigenvalue weighted by Crippen LogP contribution is 2.30. The molecule has 0 unspecified atom stereocenters. The molecule has 0 saturated heterocycles. The van der Waals surface area contributed by atoms with Gasteiger partial charge >= 0.3 is 0 Å². The van der Waals surface area contributed by atoms with E-state index in [9.17, 15) is 5.11 Å². The predicted molar refractivity (Wildman–Crippen MR) is 96.9 cm³/mol. The molecule has 4 aromatic rings. The highest BCUT2D eigenvalue weighted by atomic mass is 16.5. The Bertz CT molecular complexity index is 1160. The summed E-state index contributed by atoms with van der Waals surface area (Å²) in [5, 5.41) is 29.7. The van der Waals surface area contributed by atoms with Gasteiger partial charge in [0, 0.05) is 0 Å². The molecule has 0 aliphatic rings. The lowest BCUT2D eigenvalue weighted by molar-refractivity contribution is 0.201. The maximum absolute atomic E-state index is 10.4. The van der Waals surface area contributed by atoms with Crippen molar-refractivity contribution in [1.82, 2.24) is 15.0 Å². The number of aliphatic hydroxyl groups excluding tert-OH is 1. The summed E-state index contributed by atoms with van der Waals surface area (Å²) < 4.78 is 5.43. The molecule has 0 bridgehead atoms. The van der Waals surface area contributed by atoms with E-state index >= 15 is 0 Å². The standard InChI is InChI=1S/C19H14N4O3/c1-20-14-3-5-16-17(11-14)22-23(21-16)18-9-13-8-15(26-7-6-24)4-2-12(13)10-19(18)25/h2-5,8-11,24-25H,6-7H2. The van der Waals surface area contributed by atoms with Crippen LogP contribution in [0.2, 0.25) is 0 Å². The van der Waals surface area contributed by atoms with Gasteiger partial charge in [0.2, 0.25) is 0 Å². The zero-order valence-corrected chi connectivity index (χ0v) is 13.6. The molecule has 3 aromatic carbocycles. The van der Waals surface area contributed by atoms with Crippen LogP contribution in [0.4, 0.5) is 5.69 Å². The first-order chi connectivity index (χ1) is 12.7. The van der Waals surface area contributed by atoms with Gasteiger partial charge in [-0.05, 0) is 47.2 Å². The van der Waals surface area contributed by atoms with Crippen molar-refractivity contribution in [1.29, 1.82) is 0 Å². The second-order valence-corrected chi connectivity index (χ2v) is 5.70. The fourth-order valence-electron chi connectivity index (χ4n) is 2.75. The number of aromatic nitrogens is 3. The van der Waals surface area contributed by atoms with Crippen molar-refractivity contribution in [3.63, 3.8) is 0 Å². The Morgan fingerprint density at radius 2 is 1.85 bits per heavy atom. The van der Waals surface area contributed by atoms with E-state index in [1.807, 2.05) is 12.1 Å². The first-order valence-corrected chi connectivity index (χ1v) is 7.93. The van der Waals surface area contributed by atoms with E-state index in [0.717, 1.165) is 10.8 Å². The fraction of sp³-hybridized carbons (Fsp3) is 0.105. The fourth-order valence-corrected chi connectivity index (χ4v) is 2.75. The van der Waals surface area contributed by atoms with Crippen LogP contribution in [0.3, 0.4) is 0 Å². The number of benzene rings is 3. The number of phenols is 1. The highest BCUT2D eigenvalue weighted by molar-refractivity contribution is 5.88. The molecule has 1 heterocycles. The molecule has 0 atom stereocenters. The van der Waals surface area contributed by atoms with Crippen molar-refractivity contribution in [2.75, 3.05) is 13.2 Å². The van der Waals surface area contributed by atoms with E-state index in [2.05, 4.69) is 15.0 Å². The molecule has 128 valence electrons. The summed E-state index contributed by atoms with van der Waals surface area (Å²) in [6.45, 7) is 7.24. The van der Waals surface area contributed by atoms with Crippen LogP contribution in [0.25, 0.3) is 32.3 Å². The zero-order chi connectivity index (χ0) is 18.1. The predicted octanol–water partition coefficient (Wildman–Crippen LogP) is 3.20. The van der Waals surface area contributed by atoms with Crippen molar-refractivity contribution >= 4 is 27.5 Å². The van der Waals surface area contributed by atoms with E-state index in [1.165, 1.54) is 4.80 Å². The number of ether oxygens (including phenoxy) is 1. The van der Waals surface area contributed by atoms with Crippen LogP contribution in [-0.2, 0) is 0 Å². The Labute approximate surface area is 148 Å². The van der Waals surface area contributed by atoms with Gasteiger partial charge in [0.1, 0.15) is 34.8 Å². The Kier molecular flexibility index (Phi) is 3.88. The number of hydrogen-bond donors (Lipinski definition) is 2. The molecule has 0 fully saturated rings. The monoisotopic (exact) mass is 346 g/mol. The lowest BCUT2D eigenvalue weighted by Gasteiger charge is -2.08. The molecule has 0 radical (unpaired) electrons. The number of aromatic hydroxyl groups is 1. The quantitative estimate of drug-likeness (QED) is 0.554. The SMILES string of the molecule is [C-]#[N+]c1ccc2nn(-c3cc4cc(OCCO)ccc4cc3O)nc2c1. The first-order valence-electron chi connectivity index (χ1n) is 7.93. The second-order valence-electron chi connectivity index (χ2n) is 5.70. The summed E-state index contributed by atoms with van der Waals surface area (Å²) in [6.07, 6.45) is 0. The lowest BCUT2D eigenvalue weighted by atomic mass is 10.1. The summed E-state index contributed by atoms with van der Waals surface area (Å²) in [7, 11) is 0. The minimum Gasteiger partial charge on any atom is -0.506 e. The second kappa shape index (κ2) is 6.35. The van der Waals surface area contributed by atoms with Gasteiger partial charge < -0.3 is 14.9 Å². The average Bonchev–Trinajstić information content (AvgIpc) is 3.08. The molecule has 7 nitrogen and oxygen atoms in total. The van der Waals surface area contributed by atoms with Gasteiger partial charge in [0.25, 0.3) is 0 Å². The van der Waals surface area contributed by atoms with Gasteiger partial charge in [-0.15, -0.1) is 15.0 Å². The number of aliphatic hydroxyl groups is 1. The minimum atomic E-state index is -0.0603. The molecule has 1 aromatic heterocycles. The Morgan fingerprint density at radius 1 is 1.00 bits per heavy atom. The van der Waals surface area contributed by atoms with Gasteiger partial charge in [-0.25, -0.2) is 4.85 Å². The smallest absolute Gasteiger partial charge is 0.189 e. The molecule has 0 amide bonds. The third-order valence-corrected chi connectivity index (χ3v) is 3.97. The first kappa shape index (κ1) is 15.9. The third kappa shape index (κ3) is 2.79. The molecule has 0 spiro atoms. The Morgan fingerprint density at radius 3 is 2.65 bits per heavy atom. The van der Waals surface area contributed by atoms with Crippen molar-refractivity contribution in [2.24, 2.45) is 0 Å². The van der Waals surface area contributed by atoms with Crippen molar-refractivity contribution in [3.05, 3.63) is 59.9 Å². The largest absolute Gasteiger partial charge is 0.506 e. The third-order valence-electron chi connectivity index (χ3n) is 3.97. The van der Waals surface area contributed by atoms with Crippen LogP contribution < -0.4 is 4.74 Å².